The Balaban J connectivity index is 2.04. The second kappa shape index (κ2) is 6.11. The van der Waals surface area contributed by atoms with E-state index in [1.54, 1.807) is 26.0 Å². The summed E-state index contributed by atoms with van der Waals surface area (Å²) in [4.78, 5) is 24.6. The monoisotopic (exact) mass is 294 g/mol. The molecule has 2 rings (SSSR count). The quantitative estimate of drug-likeness (QED) is 0.899. The highest BCUT2D eigenvalue weighted by molar-refractivity contribution is 5.83. The van der Waals surface area contributed by atoms with Gasteiger partial charge in [-0.2, -0.15) is 0 Å². The molecule has 0 aromatic heterocycles. The Morgan fingerprint density at radius 3 is 2.81 bits per heavy atom. The molecule has 1 heterocycles. The number of carbonyl (C=O) groups excluding carboxylic acids is 1. The highest BCUT2D eigenvalue weighted by Crippen LogP contribution is 2.20. The molecule has 21 heavy (non-hydrogen) atoms. The Bertz CT molecular complexity index is 562. The van der Waals surface area contributed by atoms with E-state index in [4.69, 9.17) is 5.11 Å². The van der Waals surface area contributed by atoms with E-state index in [9.17, 15) is 14.0 Å². The van der Waals surface area contributed by atoms with Gasteiger partial charge in [-0.15, -0.1) is 0 Å². The fourth-order valence-corrected chi connectivity index (χ4v) is 2.50. The van der Waals surface area contributed by atoms with Crippen molar-refractivity contribution in [3.05, 3.63) is 35.1 Å². The summed E-state index contributed by atoms with van der Waals surface area (Å²) >= 11 is 0. The van der Waals surface area contributed by atoms with Crippen LogP contribution in [0.15, 0.2) is 18.2 Å². The van der Waals surface area contributed by atoms with Crippen LogP contribution in [-0.4, -0.2) is 34.6 Å². The number of rotatable bonds is 3. The summed E-state index contributed by atoms with van der Waals surface area (Å²) in [6.45, 7) is 3.84. The number of urea groups is 1. The number of hydrogen-bond acceptors (Lipinski definition) is 2. The van der Waals surface area contributed by atoms with Crippen molar-refractivity contribution in [1.29, 1.82) is 0 Å². The number of carboxylic acids is 1. The number of aryl methyl sites for hydroxylation is 1. The average Bonchev–Trinajstić information content (AvgIpc) is 2.91. The second-order valence-corrected chi connectivity index (χ2v) is 5.37. The minimum Gasteiger partial charge on any atom is -0.480 e. The van der Waals surface area contributed by atoms with Crippen molar-refractivity contribution < 1.29 is 19.1 Å². The predicted octanol–water partition coefficient (Wildman–Crippen LogP) is 2.45. The van der Waals surface area contributed by atoms with Gasteiger partial charge in [0.1, 0.15) is 11.9 Å². The molecule has 1 saturated heterocycles. The molecule has 2 amide bonds. The number of halogens is 1. The fourth-order valence-electron chi connectivity index (χ4n) is 2.50. The lowest BCUT2D eigenvalue weighted by Crippen LogP contribution is -2.46. The van der Waals surface area contributed by atoms with Crippen molar-refractivity contribution in [3.63, 3.8) is 0 Å². The summed E-state index contributed by atoms with van der Waals surface area (Å²) in [7, 11) is 0. The van der Waals surface area contributed by atoms with E-state index >= 15 is 0 Å². The standard InChI is InChI=1S/C15H19FN2O3/c1-9-5-6-11(8-12(9)16)10(2)17-15(21)18-7-3-4-13(18)14(19)20/h5-6,8,10,13H,3-4,7H2,1-2H3,(H,17,21)(H,19,20)/t10?,13-/m1/s1. The lowest BCUT2D eigenvalue weighted by Gasteiger charge is -2.24. The van der Waals surface area contributed by atoms with Crippen LogP contribution in [0.3, 0.4) is 0 Å². The zero-order valence-corrected chi connectivity index (χ0v) is 12.1. The smallest absolute Gasteiger partial charge is 0.326 e. The maximum Gasteiger partial charge on any atom is 0.326 e. The van der Waals surface area contributed by atoms with Gasteiger partial charge in [0.15, 0.2) is 0 Å². The number of aliphatic carboxylic acids is 1. The van der Waals surface area contributed by atoms with Crippen molar-refractivity contribution in [2.24, 2.45) is 0 Å². The zero-order chi connectivity index (χ0) is 15.6. The summed E-state index contributed by atoms with van der Waals surface area (Å²) in [5.41, 5.74) is 1.19. The molecule has 0 spiro atoms. The molecule has 5 nitrogen and oxygen atoms in total. The predicted molar refractivity (Wildman–Crippen MR) is 75.4 cm³/mol. The molecule has 2 atom stereocenters. The van der Waals surface area contributed by atoms with Crippen LogP contribution in [0.4, 0.5) is 9.18 Å². The van der Waals surface area contributed by atoms with Gasteiger partial charge in [0.2, 0.25) is 0 Å². The summed E-state index contributed by atoms with van der Waals surface area (Å²) in [6.07, 6.45) is 1.15. The molecule has 0 aliphatic carbocycles. The third kappa shape index (κ3) is 3.32. The minimum atomic E-state index is -0.989. The van der Waals surface area contributed by atoms with Crippen molar-refractivity contribution in [3.8, 4) is 0 Å². The number of nitrogens with one attached hydrogen (secondary N) is 1. The molecule has 1 aromatic rings. The first-order valence-corrected chi connectivity index (χ1v) is 6.96. The number of benzene rings is 1. The van der Waals surface area contributed by atoms with Gasteiger partial charge in [0.05, 0.1) is 6.04 Å². The largest absolute Gasteiger partial charge is 0.480 e. The maximum atomic E-state index is 13.5. The summed E-state index contributed by atoms with van der Waals surface area (Å²) in [5.74, 6) is -1.31. The van der Waals surface area contributed by atoms with E-state index in [0.29, 0.717) is 30.5 Å². The van der Waals surface area contributed by atoms with Gasteiger partial charge in [-0.05, 0) is 43.9 Å². The molecule has 0 saturated carbocycles. The molecule has 0 bridgehead atoms. The summed E-state index contributed by atoms with van der Waals surface area (Å²) < 4.78 is 13.5. The molecule has 0 radical (unpaired) electrons. The van der Waals surface area contributed by atoms with Crippen LogP contribution >= 0.6 is 0 Å². The third-order valence-corrected chi connectivity index (χ3v) is 3.83. The Kier molecular flexibility index (Phi) is 4.45. The highest BCUT2D eigenvalue weighted by atomic mass is 19.1. The van der Waals surface area contributed by atoms with E-state index < -0.39 is 18.0 Å². The van der Waals surface area contributed by atoms with Gasteiger partial charge in [-0.3, -0.25) is 0 Å². The average molecular weight is 294 g/mol. The Morgan fingerprint density at radius 1 is 1.48 bits per heavy atom. The first kappa shape index (κ1) is 15.3. The Morgan fingerprint density at radius 2 is 2.19 bits per heavy atom. The maximum absolute atomic E-state index is 13.5. The first-order chi connectivity index (χ1) is 9.90. The number of likely N-dealkylation sites (tertiary alicyclic amines) is 1. The van der Waals surface area contributed by atoms with Crippen molar-refractivity contribution in [1.82, 2.24) is 10.2 Å². The number of carboxylic acid groups (broad SMARTS) is 1. The number of carbonyl (C=O) groups is 2. The van der Waals surface area contributed by atoms with Crippen LogP contribution in [0.2, 0.25) is 0 Å². The van der Waals surface area contributed by atoms with Crippen molar-refractivity contribution in [2.75, 3.05) is 6.54 Å². The van der Waals surface area contributed by atoms with Crippen molar-refractivity contribution >= 4 is 12.0 Å². The van der Waals surface area contributed by atoms with Crippen LogP contribution in [0.1, 0.15) is 36.9 Å². The van der Waals surface area contributed by atoms with Crippen LogP contribution in [0.5, 0.6) is 0 Å². The van der Waals surface area contributed by atoms with Crippen LogP contribution < -0.4 is 5.32 Å². The van der Waals surface area contributed by atoms with Gasteiger partial charge < -0.3 is 15.3 Å². The van der Waals surface area contributed by atoms with E-state index in [2.05, 4.69) is 5.32 Å². The number of amides is 2. The lowest BCUT2D eigenvalue weighted by molar-refractivity contribution is -0.141. The van der Waals surface area contributed by atoms with Gasteiger partial charge in [-0.25, -0.2) is 14.0 Å². The molecule has 1 aliphatic heterocycles. The number of nitrogens with zero attached hydrogens (tertiary/aromatic N) is 1. The van der Waals surface area contributed by atoms with E-state index in [0.717, 1.165) is 0 Å². The molecule has 1 aromatic carbocycles. The lowest BCUT2D eigenvalue weighted by atomic mass is 10.1. The van der Waals surface area contributed by atoms with Gasteiger partial charge in [0, 0.05) is 6.54 Å². The Hall–Kier alpha value is -2.11. The molecule has 2 N–H and O–H groups in total. The van der Waals surface area contributed by atoms with Crippen LogP contribution in [0, 0.1) is 12.7 Å². The second-order valence-electron chi connectivity index (χ2n) is 5.37. The SMILES string of the molecule is Cc1ccc(C(C)NC(=O)N2CCC[C@@H]2C(=O)O)cc1F. The Labute approximate surface area is 122 Å². The summed E-state index contributed by atoms with van der Waals surface area (Å²) in [5, 5.41) is 11.8. The topological polar surface area (TPSA) is 69.6 Å². The molecule has 1 unspecified atom stereocenters. The van der Waals surface area contributed by atoms with E-state index in [1.807, 2.05) is 0 Å². The minimum absolute atomic E-state index is 0.321. The van der Waals surface area contributed by atoms with Gasteiger partial charge in [0.25, 0.3) is 0 Å². The van der Waals surface area contributed by atoms with Crippen molar-refractivity contribution in [2.45, 2.75) is 38.8 Å². The van der Waals surface area contributed by atoms with Gasteiger partial charge in [-0.1, -0.05) is 12.1 Å². The zero-order valence-electron chi connectivity index (χ0n) is 12.1. The number of hydrogen-bond donors (Lipinski definition) is 2. The molecule has 114 valence electrons. The molecule has 1 aliphatic rings. The first-order valence-electron chi connectivity index (χ1n) is 6.96. The molecular weight excluding hydrogens is 275 g/mol. The summed E-state index contributed by atoms with van der Waals surface area (Å²) in [6, 6.07) is 3.22. The fraction of sp³-hybridized carbons (Fsp3) is 0.467. The normalized spacial score (nSPS) is 19.4. The highest BCUT2D eigenvalue weighted by Gasteiger charge is 2.34. The molecule has 6 heteroatoms. The van der Waals surface area contributed by atoms with E-state index in [-0.39, 0.29) is 11.9 Å². The third-order valence-electron chi connectivity index (χ3n) is 3.83. The van der Waals surface area contributed by atoms with Gasteiger partial charge >= 0.3 is 12.0 Å². The van der Waals surface area contributed by atoms with Crippen LogP contribution in [-0.2, 0) is 4.79 Å². The molecular formula is C15H19FN2O3. The van der Waals surface area contributed by atoms with E-state index in [1.165, 1.54) is 11.0 Å². The van der Waals surface area contributed by atoms with Crippen LogP contribution in [0.25, 0.3) is 0 Å². The molecule has 1 fully saturated rings.